The molecule has 0 spiro atoms. The smallest absolute Gasteiger partial charge is 0.351 e. The molecule has 1 aliphatic carbocycles. The number of anilines is 2. The van der Waals surface area contributed by atoms with Crippen LogP contribution in [0.2, 0.25) is 0 Å². The molecule has 0 atom stereocenters. The van der Waals surface area contributed by atoms with Crippen LogP contribution in [-0.2, 0) is 10.0 Å². The zero-order valence-corrected chi connectivity index (χ0v) is 22.5. The van der Waals surface area contributed by atoms with Crippen molar-refractivity contribution in [1.29, 1.82) is 0 Å². The van der Waals surface area contributed by atoms with E-state index in [1.807, 2.05) is 14.1 Å². The molecule has 0 unspecified atom stereocenters. The Morgan fingerprint density at radius 1 is 1.07 bits per heavy atom. The zero-order valence-electron chi connectivity index (χ0n) is 21.6. The SMILES string of the molecule is CN(C)C1CCC(Nc2ncc3nc(-c4ccc(NS(=O)(=O)CCC(F)(F)F)c(F)c4)cc(C(F)F)c3n2)CC1. The topological polar surface area (TPSA) is 100 Å². The summed E-state index contributed by atoms with van der Waals surface area (Å²) in [6.07, 6.45) is -4.22. The van der Waals surface area contributed by atoms with Crippen molar-refractivity contribution in [2.45, 2.75) is 56.8 Å². The first-order chi connectivity index (χ1) is 18.7. The average Bonchev–Trinajstić information content (AvgIpc) is 2.88. The Bertz CT molecular complexity index is 1460. The second kappa shape index (κ2) is 11.7. The quantitative estimate of drug-likeness (QED) is 0.306. The van der Waals surface area contributed by atoms with E-state index in [0.29, 0.717) is 6.04 Å². The number of hydrogen-bond donors (Lipinski definition) is 2. The first-order valence-electron chi connectivity index (χ1n) is 12.5. The highest BCUT2D eigenvalue weighted by atomic mass is 32.2. The van der Waals surface area contributed by atoms with Gasteiger partial charge in [-0.2, -0.15) is 13.2 Å². The second-order valence-corrected chi connectivity index (χ2v) is 11.8. The fourth-order valence-corrected chi connectivity index (χ4v) is 5.68. The van der Waals surface area contributed by atoms with Crippen molar-refractivity contribution in [3.63, 3.8) is 0 Å². The summed E-state index contributed by atoms with van der Waals surface area (Å²) < 4.78 is 106. The fraction of sp³-hybridized carbons (Fsp3) is 0.480. The molecule has 1 aromatic carbocycles. The van der Waals surface area contributed by atoms with Gasteiger partial charge in [0.1, 0.15) is 16.9 Å². The van der Waals surface area contributed by atoms with Crippen LogP contribution in [0.3, 0.4) is 0 Å². The molecular formula is C25H28F6N6O2S. The van der Waals surface area contributed by atoms with E-state index in [1.54, 1.807) is 4.72 Å². The zero-order chi connectivity index (χ0) is 29.2. The third kappa shape index (κ3) is 7.50. The van der Waals surface area contributed by atoms with E-state index in [0.717, 1.165) is 43.9 Å². The van der Waals surface area contributed by atoms with Crippen LogP contribution in [0, 0.1) is 5.82 Å². The van der Waals surface area contributed by atoms with Gasteiger partial charge in [0.25, 0.3) is 6.43 Å². The molecule has 2 aromatic heterocycles. The van der Waals surface area contributed by atoms with Gasteiger partial charge in [0.05, 0.1) is 29.8 Å². The van der Waals surface area contributed by atoms with Crippen molar-refractivity contribution in [2.75, 3.05) is 29.9 Å². The average molecular weight is 591 g/mol. The molecule has 15 heteroatoms. The van der Waals surface area contributed by atoms with Crippen LogP contribution in [0.4, 0.5) is 38.0 Å². The number of rotatable bonds is 9. The molecule has 1 saturated carbocycles. The number of aromatic nitrogens is 3. The standard InChI is InChI=1S/C25H28F6N6O2S/c1-37(2)16-6-4-15(5-7-16)33-24-32-13-21-22(35-24)17(23(27)28)12-20(34-21)14-3-8-19(18(26)11-14)36-40(38,39)10-9-25(29,30)31/h3,8,11-13,15-16,23,36H,4-7,9-10H2,1-2H3,(H,32,33,35). The molecule has 0 aliphatic heterocycles. The van der Waals surface area contributed by atoms with Gasteiger partial charge >= 0.3 is 6.18 Å². The second-order valence-electron chi connectivity index (χ2n) is 9.92. The molecule has 0 amide bonds. The molecule has 1 aliphatic rings. The Balaban J connectivity index is 1.56. The summed E-state index contributed by atoms with van der Waals surface area (Å²) in [5.41, 5.74) is -1.04. The third-order valence-electron chi connectivity index (χ3n) is 6.76. The van der Waals surface area contributed by atoms with Crippen molar-refractivity contribution in [1.82, 2.24) is 19.9 Å². The normalized spacial score (nSPS) is 18.4. The first-order valence-corrected chi connectivity index (χ1v) is 14.1. The summed E-state index contributed by atoms with van der Waals surface area (Å²) in [4.78, 5) is 15.0. The van der Waals surface area contributed by atoms with Gasteiger partial charge in [0.15, 0.2) is 0 Å². The molecule has 4 rings (SSSR count). The van der Waals surface area contributed by atoms with E-state index >= 15 is 0 Å². The van der Waals surface area contributed by atoms with Gasteiger partial charge in [-0.1, -0.05) is 6.07 Å². The lowest BCUT2D eigenvalue weighted by molar-refractivity contribution is -0.129. The van der Waals surface area contributed by atoms with Crippen LogP contribution in [0.25, 0.3) is 22.3 Å². The van der Waals surface area contributed by atoms with Crippen LogP contribution < -0.4 is 10.0 Å². The number of alkyl halides is 5. The lowest BCUT2D eigenvalue weighted by Crippen LogP contribution is -2.36. The Labute approximate surface area is 227 Å². The van der Waals surface area contributed by atoms with Gasteiger partial charge in [-0.15, -0.1) is 0 Å². The van der Waals surface area contributed by atoms with Gasteiger partial charge in [0.2, 0.25) is 16.0 Å². The number of benzene rings is 1. The molecule has 3 aromatic rings. The lowest BCUT2D eigenvalue weighted by atomic mass is 9.91. The van der Waals surface area contributed by atoms with Gasteiger partial charge < -0.3 is 10.2 Å². The largest absolute Gasteiger partial charge is 0.390 e. The third-order valence-corrected chi connectivity index (χ3v) is 8.03. The predicted molar refractivity (Wildman–Crippen MR) is 139 cm³/mol. The number of halogens is 6. The van der Waals surface area contributed by atoms with E-state index in [4.69, 9.17) is 0 Å². The number of nitrogens with one attached hydrogen (secondary N) is 2. The van der Waals surface area contributed by atoms with Gasteiger partial charge in [0, 0.05) is 23.2 Å². The molecule has 2 N–H and O–H groups in total. The molecular weight excluding hydrogens is 562 g/mol. The van der Waals surface area contributed by atoms with E-state index in [9.17, 15) is 34.8 Å². The minimum absolute atomic E-state index is 0.0411. The van der Waals surface area contributed by atoms with Crippen molar-refractivity contribution < 1.29 is 34.8 Å². The highest BCUT2D eigenvalue weighted by molar-refractivity contribution is 7.92. The maximum Gasteiger partial charge on any atom is 0.390 e. The van der Waals surface area contributed by atoms with Gasteiger partial charge in [-0.3, -0.25) is 4.72 Å². The summed E-state index contributed by atoms with van der Waals surface area (Å²) in [5.74, 6) is -2.20. The van der Waals surface area contributed by atoms with E-state index in [1.165, 1.54) is 12.3 Å². The summed E-state index contributed by atoms with van der Waals surface area (Å²) in [5, 5.41) is 3.21. The summed E-state index contributed by atoms with van der Waals surface area (Å²) in [7, 11) is -0.420. The van der Waals surface area contributed by atoms with Crippen LogP contribution >= 0.6 is 0 Å². The first kappa shape index (κ1) is 29.8. The van der Waals surface area contributed by atoms with Crippen molar-refractivity contribution in [2.24, 2.45) is 0 Å². The fourth-order valence-electron chi connectivity index (χ4n) is 4.58. The Morgan fingerprint density at radius 3 is 2.38 bits per heavy atom. The maximum atomic E-state index is 14.7. The Morgan fingerprint density at radius 2 is 1.77 bits per heavy atom. The van der Waals surface area contributed by atoms with Gasteiger partial charge in [-0.25, -0.2) is 36.5 Å². The molecule has 2 heterocycles. The Kier molecular flexibility index (Phi) is 8.73. The number of pyridine rings is 1. The van der Waals surface area contributed by atoms with E-state index in [-0.39, 0.29) is 34.3 Å². The van der Waals surface area contributed by atoms with Crippen molar-refractivity contribution in [3.8, 4) is 11.3 Å². The molecule has 0 bridgehead atoms. The predicted octanol–water partition coefficient (Wildman–Crippen LogP) is 5.75. The number of nitrogens with zero attached hydrogens (tertiary/aromatic N) is 4. The highest BCUT2D eigenvalue weighted by Crippen LogP contribution is 2.32. The molecule has 40 heavy (non-hydrogen) atoms. The summed E-state index contributed by atoms with van der Waals surface area (Å²) in [6, 6.07) is 4.70. The highest BCUT2D eigenvalue weighted by Gasteiger charge is 2.30. The molecule has 0 radical (unpaired) electrons. The maximum absolute atomic E-state index is 14.7. The van der Waals surface area contributed by atoms with Gasteiger partial charge in [-0.05, 0) is 58.0 Å². The van der Waals surface area contributed by atoms with Crippen LogP contribution in [0.15, 0.2) is 30.5 Å². The minimum atomic E-state index is -4.70. The van der Waals surface area contributed by atoms with Crippen molar-refractivity contribution >= 4 is 32.7 Å². The summed E-state index contributed by atoms with van der Waals surface area (Å²) in [6.45, 7) is 0. The monoisotopic (exact) mass is 590 g/mol. The number of hydrogen-bond acceptors (Lipinski definition) is 7. The summed E-state index contributed by atoms with van der Waals surface area (Å²) >= 11 is 0. The number of sulfonamides is 1. The molecule has 0 saturated heterocycles. The van der Waals surface area contributed by atoms with Crippen LogP contribution in [-0.4, -0.2) is 66.4 Å². The van der Waals surface area contributed by atoms with E-state index < -0.39 is 51.9 Å². The van der Waals surface area contributed by atoms with Crippen LogP contribution in [0.1, 0.15) is 44.1 Å². The van der Waals surface area contributed by atoms with Crippen molar-refractivity contribution in [3.05, 3.63) is 41.8 Å². The molecule has 1 fully saturated rings. The molecule has 218 valence electrons. The van der Waals surface area contributed by atoms with Crippen LogP contribution in [0.5, 0.6) is 0 Å². The minimum Gasteiger partial charge on any atom is -0.351 e. The number of fused-ring (bicyclic) bond motifs is 1. The van der Waals surface area contributed by atoms with E-state index in [2.05, 4.69) is 25.2 Å². The molecule has 8 nitrogen and oxygen atoms in total. The lowest BCUT2D eigenvalue weighted by Gasteiger charge is -2.32. The Hall–Kier alpha value is -3.20.